The summed E-state index contributed by atoms with van der Waals surface area (Å²) in [5, 5.41) is 10.5. The fourth-order valence-electron chi connectivity index (χ4n) is 5.36. The van der Waals surface area contributed by atoms with Crippen LogP contribution in [0.3, 0.4) is 0 Å². The smallest absolute Gasteiger partial charge is 0.343 e. The van der Waals surface area contributed by atoms with E-state index in [1.54, 1.807) is 106 Å². The molecular weight excluding hydrogens is 685 g/mol. The van der Waals surface area contributed by atoms with Crippen molar-refractivity contribution in [2.45, 2.75) is 44.1 Å². The fraction of sp³-hybridized carbons (Fsp3) is 0.146. The van der Waals surface area contributed by atoms with Gasteiger partial charge in [-0.2, -0.15) is 8.42 Å². The van der Waals surface area contributed by atoms with Crippen molar-refractivity contribution >= 4 is 33.0 Å². The fourth-order valence-corrected chi connectivity index (χ4v) is 6.33. The zero-order valence-electron chi connectivity index (χ0n) is 28.5. The Kier molecular flexibility index (Phi) is 10.1. The van der Waals surface area contributed by atoms with Gasteiger partial charge in [-0.05, 0) is 87.7 Å². The highest BCUT2D eigenvalue weighted by molar-refractivity contribution is 7.87. The van der Waals surface area contributed by atoms with Crippen molar-refractivity contribution in [3.8, 4) is 28.4 Å². The lowest BCUT2D eigenvalue weighted by Crippen LogP contribution is -2.21. The molecule has 0 saturated carbocycles. The maximum absolute atomic E-state index is 14.4. The van der Waals surface area contributed by atoms with Crippen molar-refractivity contribution < 1.29 is 41.2 Å². The summed E-state index contributed by atoms with van der Waals surface area (Å²) >= 11 is 0. The molecule has 0 unspecified atom stereocenters. The lowest BCUT2D eigenvalue weighted by atomic mass is 9.95. The van der Waals surface area contributed by atoms with Gasteiger partial charge in [-0.15, -0.1) is 0 Å². The molecule has 0 amide bonds. The van der Waals surface area contributed by atoms with Crippen LogP contribution in [0.5, 0.6) is 17.2 Å². The molecule has 1 heterocycles. The van der Waals surface area contributed by atoms with Crippen LogP contribution in [0, 0.1) is 6.92 Å². The van der Waals surface area contributed by atoms with E-state index in [2.05, 4.69) is 0 Å². The van der Waals surface area contributed by atoms with Crippen LogP contribution in [0.25, 0.3) is 22.1 Å². The van der Waals surface area contributed by atoms with Crippen LogP contribution in [0.1, 0.15) is 52.1 Å². The van der Waals surface area contributed by atoms with Crippen molar-refractivity contribution in [3.05, 3.63) is 154 Å². The quantitative estimate of drug-likeness (QED) is 0.0804. The monoisotopic (exact) mass is 718 g/mol. The molecule has 6 aromatic rings. The molecule has 0 spiro atoms. The summed E-state index contributed by atoms with van der Waals surface area (Å²) in [6, 6.07) is 30.1. The molecule has 0 aliphatic heterocycles. The van der Waals surface area contributed by atoms with Gasteiger partial charge in [0.1, 0.15) is 33.6 Å². The van der Waals surface area contributed by atoms with E-state index in [0.717, 1.165) is 5.56 Å². The Labute approximate surface area is 300 Å². The first kappa shape index (κ1) is 35.8. The second-order valence-electron chi connectivity index (χ2n) is 12.7. The molecule has 5 aromatic carbocycles. The maximum Gasteiger partial charge on any atom is 0.343 e. The molecule has 0 radical (unpaired) electrons. The largest absolute Gasteiger partial charge is 0.463 e. The van der Waals surface area contributed by atoms with Crippen LogP contribution in [0.4, 0.5) is 0 Å². The van der Waals surface area contributed by atoms with Crippen molar-refractivity contribution in [3.63, 3.8) is 0 Å². The van der Waals surface area contributed by atoms with Crippen molar-refractivity contribution in [2.75, 3.05) is 0 Å². The highest BCUT2D eigenvalue weighted by Crippen LogP contribution is 2.40. The minimum Gasteiger partial charge on any atom is -0.463 e. The predicted octanol–water partition coefficient (Wildman–Crippen LogP) is 7.68. The summed E-state index contributed by atoms with van der Waals surface area (Å²) in [6.45, 7) is 4.94. The highest BCUT2D eigenvalue weighted by Gasteiger charge is 2.29. The maximum atomic E-state index is 14.4. The first-order chi connectivity index (χ1) is 24.8. The Balaban J connectivity index is 1.50. The third kappa shape index (κ3) is 8.12. The standard InChI is InChI=1S/C41H34O10S/c1-26-14-20-31(21-15-26)52(46,47)51-38-32(22-23-41(2,3)45)34(50-40(44)29-12-8-5-9-13-29)24-35-36(38)37(42)33(25-48-35)27-16-18-30(19-17-27)49-39(43)28-10-6-4-7-11-28/h4-21,24-25,45H,22-23H2,1-3H3. The number of rotatable bonds is 11. The first-order valence-electron chi connectivity index (χ1n) is 16.3. The van der Waals surface area contributed by atoms with Gasteiger partial charge in [0, 0.05) is 11.6 Å². The predicted molar refractivity (Wildman–Crippen MR) is 194 cm³/mol. The zero-order valence-corrected chi connectivity index (χ0v) is 29.3. The van der Waals surface area contributed by atoms with Gasteiger partial charge in [0.2, 0.25) is 5.43 Å². The van der Waals surface area contributed by atoms with Gasteiger partial charge in [0.25, 0.3) is 0 Å². The molecule has 1 aromatic heterocycles. The first-order valence-corrected chi connectivity index (χ1v) is 17.7. The zero-order chi connectivity index (χ0) is 37.0. The molecule has 6 rings (SSSR count). The third-order valence-electron chi connectivity index (χ3n) is 8.17. The van der Waals surface area contributed by atoms with Gasteiger partial charge >= 0.3 is 22.1 Å². The summed E-state index contributed by atoms with van der Waals surface area (Å²) < 4.78 is 50.7. The molecule has 0 aliphatic rings. The number of hydrogen-bond donors (Lipinski definition) is 1. The summed E-state index contributed by atoms with van der Waals surface area (Å²) in [5.41, 5.74) is -0.105. The van der Waals surface area contributed by atoms with E-state index in [1.165, 1.54) is 36.6 Å². The number of aliphatic hydroxyl groups is 1. The summed E-state index contributed by atoms with van der Waals surface area (Å²) in [5.74, 6) is -1.58. The number of fused-ring (bicyclic) bond motifs is 1. The molecule has 264 valence electrons. The highest BCUT2D eigenvalue weighted by atomic mass is 32.2. The molecule has 52 heavy (non-hydrogen) atoms. The van der Waals surface area contributed by atoms with Crippen molar-refractivity contribution in [2.24, 2.45) is 0 Å². The normalized spacial score (nSPS) is 11.6. The Morgan fingerprint density at radius 1 is 0.788 bits per heavy atom. The number of aryl methyl sites for hydroxylation is 1. The number of ether oxygens (including phenoxy) is 2. The van der Waals surface area contributed by atoms with E-state index in [9.17, 15) is 27.9 Å². The molecular formula is C41H34O10S. The summed E-state index contributed by atoms with van der Waals surface area (Å²) in [4.78, 5) is 40.1. The second kappa shape index (κ2) is 14.7. The molecule has 10 nitrogen and oxygen atoms in total. The Morgan fingerprint density at radius 3 is 1.94 bits per heavy atom. The SMILES string of the molecule is Cc1ccc(S(=O)(=O)Oc2c(CCC(C)(C)O)c(OC(=O)c3ccccc3)cc3occ(-c4ccc(OC(=O)c5ccccc5)cc4)c(=O)c23)cc1. The molecule has 0 bridgehead atoms. The molecule has 0 saturated heterocycles. The Hall–Kier alpha value is -6.04. The molecule has 1 N–H and O–H groups in total. The lowest BCUT2D eigenvalue weighted by molar-refractivity contribution is 0.0699. The van der Waals surface area contributed by atoms with Gasteiger partial charge in [-0.25, -0.2) is 9.59 Å². The van der Waals surface area contributed by atoms with Gasteiger partial charge in [0.15, 0.2) is 5.75 Å². The molecule has 11 heteroatoms. The van der Waals surface area contributed by atoms with Crippen LogP contribution in [0.15, 0.2) is 136 Å². The van der Waals surface area contributed by atoms with E-state index >= 15 is 0 Å². The Morgan fingerprint density at radius 2 is 1.37 bits per heavy atom. The van der Waals surface area contributed by atoms with E-state index < -0.39 is 38.8 Å². The van der Waals surface area contributed by atoms with E-state index in [-0.39, 0.29) is 56.9 Å². The lowest BCUT2D eigenvalue weighted by Gasteiger charge is -2.21. The van der Waals surface area contributed by atoms with Crippen LogP contribution in [0.2, 0.25) is 0 Å². The average Bonchev–Trinajstić information content (AvgIpc) is 3.12. The number of carbonyl (C=O) groups is 2. The number of benzene rings is 5. The van der Waals surface area contributed by atoms with Crippen LogP contribution >= 0.6 is 0 Å². The third-order valence-corrected chi connectivity index (χ3v) is 9.41. The van der Waals surface area contributed by atoms with Crippen LogP contribution < -0.4 is 19.1 Å². The number of hydrogen-bond acceptors (Lipinski definition) is 10. The van der Waals surface area contributed by atoms with Crippen molar-refractivity contribution in [1.82, 2.24) is 0 Å². The average molecular weight is 719 g/mol. The number of esters is 2. The van der Waals surface area contributed by atoms with E-state index in [0.29, 0.717) is 11.1 Å². The summed E-state index contributed by atoms with van der Waals surface area (Å²) in [7, 11) is -4.56. The number of carbonyl (C=O) groups excluding carboxylic acids is 2. The van der Waals surface area contributed by atoms with E-state index in [4.69, 9.17) is 18.1 Å². The van der Waals surface area contributed by atoms with E-state index in [1.807, 2.05) is 0 Å². The van der Waals surface area contributed by atoms with Crippen LogP contribution in [-0.2, 0) is 16.5 Å². The molecule has 0 aliphatic carbocycles. The topological polar surface area (TPSA) is 146 Å². The van der Waals surface area contributed by atoms with Gasteiger partial charge in [0.05, 0.1) is 22.3 Å². The van der Waals surface area contributed by atoms with Gasteiger partial charge < -0.3 is 23.2 Å². The minimum atomic E-state index is -4.56. The molecule has 0 fully saturated rings. The molecule has 0 atom stereocenters. The summed E-state index contributed by atoms with van der Waals surface area (Å²) in [6.07, 6.45) is 1.22. The van der Waals surface area contributed by atoms with Gasteiger partial charge in [-0.3, -0.25) is 4.79 Å². The second-order valence-corrected chi connectivity index (χ2v) is 14.3. The van der Waals surface area contributed by atoms with Gasteiger partial charge in [-0.1, -0.05) is 66.2 Å². The minimum absolute atomic E-state index is 0.0495. The van der Waals surface area contributed by atoms with Crippen molar-refractivity contribution in [1.29, 1.82) is 0 Å². The Bertz CT molecular complexity index is 2410. The van der Waals surface area contributed by atoms with Crippen LogP contribution in [-0.4, -0.2) is 31.1 Å².